The summed E-state index contributed by atoms with van der Waals surface area (Å²) in [6.45, 7) is -0.401. The molecule has 0 radical (unpaired) electrons. The van der Waals surface area contributed by atoms with Gasteiger partial charge in [-0.05, 0) is 32.0 Å². The fourth-order valence-electron chi connectivity index (χ4n) is 4.08. The summed E-state index contributed by atoms with van der Waals surface area (Å²) in [7, 11) is 0. The zero-order valence-electron chi connectivity index (χ0n) is 18.6. The standard InChI is InChI=1S/C22H21F6N3O4/c1-9-13(23)5-4-12(16(9)34-20(24)25)15-10(2)21(3,22(26,27)28)35-17(15)19(33)31-11-6-7-30-14(8-11)18(29)32/h4-8,10,15,17,20H,1-3H3,(H2,29,32)(H,30,31,33). The van der Waals surface area contributed by atoms with Crippen LogP contribution in [0.25, 0.3) is 0 Å². The van der Waals surface area contributed by atoms with E-state index in [0.29, 0.717) is 0 Å². The van der Waals surface area contributed by atoms with E-state index in [-0.39, 0.29) is 22.5 Å². The molecule has 2 amide bonds. The SMILES string of the molecule is Cc1c(F)ccc(C2C(C(=O)Nc3ccnc(C(N)=O)c3)OC(C)(C(F)(F)F)C2C)c1OC(F)F. The molecule has 3 N–H and O–H groups in total. The molecule has 2 aromatic rings. The topological polar surface area (TPSA) is 104 Å². The number of anilines is 1. The maximum atomic E-state index is 14.1. The lowest BCUT2D eigenvalue weighted by molar-refractivity contribution is -0.272. The fraction of sp³-hybridized carbons (Fsp3) is 0.409. The second-order valence-corrected chi connectivity index (χ2v) is 8.21. The van der Waals surface area contributed by atoms with Gasteiger partial charge in [0.15, 0.2) is 5.60 Å². The Hall–Kier alpha value is -3.35. The van der Waals surface area contributed by atoms with Gasteiger partial charge in [0.05, 0.1) is 0 Å². The molecular formula is C22H21F6N3O4. The van der Waals surface area contributed by atoms with Gasteiger partial charge in [-0.3, -0.25) is 14.6 Å². The van der Waals surface area contributed by atoms with E-state index < -0.39 is 59.7 Å². The summed E-state index contributed by atoms with van der Waals surface area (Å²) in [5, 5.41) is 2.33. The van der Waals surface area contributed by atoms with E-state index in [1.165, 1.54) is 6.07 Å². The number of rotatable bonds is 6. The van der Waals surface area contributed by atoms with Crippen molar-refractivity contribution in [3.05, 3.63) is 53.1 Å². The van der Waals surface area contributed by atoms with Crippen LogP contribution in [-0.2, 0) is 9.53 Å². The summed E-state index contributed by atoms with van der Waals surface area (Å²) in [5.41, 5.74) is 1.43. The highest BCUT2D eigenvalue weighted by molar-refractivity contribution is 5.97. The number of ether oxygens (including phenoxy) is 2. The Labute approximate surface area is 195 Å². The molecule has 4 atom stereocenters. The van der Waals surface area contributed by atoms with Crippen LogP contribution in [0.3, 0.4) is 0 Å². The van der Waals surface area contributed by atoms with Crippen LogP contribution < -0.4 is 15.8 Å². The Bertz CT molecular complexity index is 1140. The number of carbonyl (C=O) groups excluding carboxylic acids is 2. The monoisotopic (exact) mass is 505 g/mol. The Morgan fingerprint density at radius 3 is 2.49 bits per heavy atom. The van der Waals surface area contributed by atoms with Gasteiger partial charge in [0, 0.05) is 34.8 Å². The number of nitrogens with zero attached hydrogens (tertiary/aromatic N) is 1. The van der Waals surface area contributed by atoms with E-state index in [9.17, 15) is 35.9 Å². The van der Waals surface area contributed by atoms with Crippen molar-refractivity contribution < 1.29 is 45.4 Å². The fourth-order valence-corrected chi connectivity index (χ4v) is 4.08. The van der Waals surface area contributed by atoms with E-state index in [2.05, 4.69) is 15.0 Å². The summed E-state index contributed by atoms with van der Waals surface area (Å²) < 4.78 is 92.1. The maximum Gasteiger partial charge on any atom is 0.417 e. The summed E-state index contributed by atoms with van der Waals surface area (Å²) in [5.74, 6) is -6.53. The van der Waals surface area contributed by atoms with Gasteiger partial charge in [-0.15, -0.1) is 0 Å². The average molecular weight is 505 g/mol. The molecule has 4 unspecified atom stereocenters. The van der Waals surface area contributed by atoms with Crippen LogP contribution in [0.4, 0.5) is 32.0 Å². The van der Waals surface area contributed by atoms with Crippen molar-refractivity contribution in [3.8, 4) is 5.75 Å². The first kappa shape index (κ1) is 26.3. The number of carbonyl (C=O) groups is 2. The smallest absolute Gasteiger partial charge is 0.417 e. The van der Waals surface area contributed by atoms with Crippen LogP contribution in [0.15, 0.2) is 30.5 Å². The molecule has 1 aromatic heterocycles. The van der Waals surface area contributed by atoms with Crippen molar-refractivity contribution in [2.75, 3.05) is 5.32 Å². The first-order chi connectivity index (χ1) is 16.2. The molecule has 1 saturated heterocycles. The molecule has 1 aliphatic rings. The first-order valence-electron chi connectivity index (χ1n) is 10.2. The number of alkyl halides is 5. The number of hydrogen-bond donors (Lipinski definition) is 2. The number of primary amides is 1. The quantitative estimate of drug-likeness (QED) is 0.570. The van der Waals surface area contributed by atoms with Crippen LogP contribution in [-0.4, -0.2) is 41.3 Å². The number of nitrogens with one attached hydrogen (secondary N) is 1. The third kappa shape index (κ3) is 4.90. The van der Waals surface area contributed by atoms with E-state index in [1.807, 2.05) is 0 Å². The maximum absolute atomic E-state index is 14.1. The molecule has 35 heavy (non-hydrogen) atoms. The number of amides is 2. The van der Waals surface area contributed by atoms with Crippen molar-refractivity contribution in [1.82, 2.24) is 4.98 Å². The zero-order chi connectivity index (χ0) is 26.3. The predicted octanol–water partition coefficient (Wildman–Crippen LogP) is 4.31. The third-order valence-electron chi connectivity index (χ3n) is 6.14. The Morgan fingerprint density at radius 2 is 1.91 bits per heavy atom. The second kappa shape index (κ2) is 9.36. The Morgan fingerprint density at radius 1 is 1.26 bits per heavy atom. The molecule has 0 spiro atoms. The molecule has 7 nitrogen and oxygen atoms in total. The van der Waals surface area contributed by atoms with Gasteiger partial charge in [0.25, 0.3) is 11.8 Å². The minimum atomic E-state index is -4.95. The molecule has 0 aliphatic carbocycles. The number of hydrogen-bond acceptors (Lipinski definition) is 5. The summed E-state index contributed by atoms with van der Waals surface area (Å²) in [6, 6.07) is 4.23. The lowest BCUT2D eigenvalue weighted by atomic mass is 9.76. The minimum absolute atomic E-state index is 0.0197. The first-order valence-corrected chi connectivity index (χ1v) is 10.2. The highest BCUT2D eigenvalue weighted by atomic mass is 19.4. The number of nitrogens with two attached hydrogens (primary N) is 1. The van der Waals surface area contributed by atoms with Gasteiger partial charge in [-0.2, -0.15) is 22.0 Å². The number of halogens is 6. The summed E-state index contributed by atoms with van der Waals surface area (Å²) in [4.78, 5) is 28.2. The van der Waals surface area contributed by atoms with Gasteiger partial charge in [0.1, 0.15) is 23.4 Å². The molecule has 13 heteroatoms. The largest absolute Gasteiger partial charge is 0.434 e. The summed E-state index contributed by atoms with van der Waals surface area (Å²) >= 11 is 0. The van der Waals surface area contributed by atoms with Gasteiger partial charge in [-0.1, -0.05) is 13.0 Å². The van der Waals surface area contributed by atoms with Gasteiger partial charge < -0.3 is 20.5 Å². The Kier molecular flexibility index (Phi) is 7.02. The van der Waals surface area contributed by atoms with E-state index in [0.717, 1.165) is 45.2 Å². The van der Waals surface area contributed by atoms with Gasteiger partial charge in [-0.25, -0.2) is 4.39 Å². The van der Waals surface area contributed by atoms with Gasteiger partial charge >= 0.3 is 12.8 Å². The summed E-state index contributed by atoms with van der Waals surface area (Å²) in [6.07, 6.45) is -5.66. The number of pyridine rings is 1. The van der Waals surface area contributed by atoms with Crippen LogP contribution in [0, 0.1) is 18.7 Å². The van der Waals surface area contributed by atoms with E-state index >= 15 is 0 Å². The highest BCUT2D eigenvalue weighted by Gasteiger charge is 2.65. The lowest BCUT2D eigenvalue weighted by Gasteiger charge is -2.32. The zero-order valence-corrected chi connectivity index (χ0v) is 18.6. The van der Waals surface area contributed by atoms with E-state index in [1.54, 1.807) is 0 Å². The molecule has 190 valence electrons. The van der Waals surface area contributed by atoms with Crippen molar-refractivity contribution in [2.24, 2.45) is 11.7 Å². The predicted molar refractivity (Wildman–Crippen MR) is 110 cm³/mol. The van der Waals surface area contributed by atoms with Crippen molar-refractivity contribution in [3.63, 3.8) is 0 Å². The van der Waals surface area contributed by atoms with Crippen LogP contribution in [0.1, 0.15) is 41.4 Å². The van der Waals surface area contributed by atoms with Crippen LogP contribution in [0.5, 0.6) is 5.75 Å². The van der Waals surface area contributed by atoms with Crippen molar-refractivity contribution >= 4 is 17.5 Å². The molecule has 1 aliphatic heterocycles. The normalized spacial score (nSPS) is 24.5. The second-order valence-electron chi connectivity index (χ2n) is 8.21. The van der Waals surface area contributed by atoms with Crippen molar-refractivity contribution in [1.29, 1.82) is 0 Å². The number of aromatic nitrogens is 1. The molecule has 1 fully saturated rings. The third-order valence-corrected chi connectivity index (χ3v) is 6.14. The molecule has 0 bridgehead atoms. The Balaban J connectivity index is 2.10. The molecule has 1 aromatic carbocycles. The molecule has 2 heterocycles. The van der Waals surface area contributed by atoms with Gasteiger partial charge in [0.2, 0.25) is 0 Å². The molecule has 3 rings (SSSR count). The van der Waals surface area contributed by atoms with E-state index in [4.69, 9.17) is 10.5 Å². The average Bonchev–Trinajstić information content (AvgIpc) is 3.04. The molecular weight excluding hydrogens is 484 g/mol. The number of benzene rings is 1. The minimum Gasteiger partial charge on any atom is -0.434 e. The van der Waals surface area contributed by atoms with Crippen molar-refractivity contribution in [2.45, 2.75) is 51.2 Å². The molecule has 0 saturated carbocycles. The van der Waals surface area contributed by atoms with Crippen LogP contribution in [0.2, 0.25) is 0 Å². The highest BCUT2D eigenvalue weighted by Crippen LogP contribution is 2.55. The van der Waals surface area contributed by atoms with Crippen LogP contribution >= 0.6 is 0 Å². The lowest BCUT2D eigenvalue weighted by Crippen LogP contribution is -2.47.